The molecule has 4 nitrogen and oxygen atoms in total. The van der Waals surface area contributed by atoms with E-state index in [1.165, 1.54) is 0 Å². The molecular weight excluding hydrogens is 264 g/mol. The van der Waals surface area contributed by atoms with Crippen LogP contribution in [-0.4, -0.2) is 21.9 Å². The summed E-state index contributed by atoms with van der Waals surface area (Å²) in [6.45, 7) is 6.06. The standard InChI is InChI=1S/C17H22N2O2/c1-4-15(5-2)21-17(20)16-11-12-18-19(16)13(3)14-9-7-6-8-10-14/h6-13,15H,4-5H2,1-3H3/t13-/m1/s1. The van der Waals surface area contributed by atoms with E-state index in [0.29, 0.717) is 5.69 Å². The van der Waals surface area contributed by atoms with Crippen LogP contribution in [0, 0.1) is 0 Å². The molecule has 0 unspecified atom stereocenters. The van der Waals surface area contributed by atoms with Crippen LogP contribution in [0.2, 0.25) is 0 Å². The highest BCUT2D eigenvalue weighted by Gasteiger charge is 2.20. The molecule has 21 heavy (non-hydrogen) atoms. The van der Waals surface area contributed by atoms with E-state index in [0.717, 1.165) is 18.4 Å². The Morgan fingerprint density at radius 2 is 1.86 bits per heavy atom. The second-order valence-electron chi connectivity index (χ2n) is 5.09. The van der Waals surface area contributed by atoms with Gasteiger partial charge in [0, 0.05) is 6.20 Å². The minimum Gasteiger partial charge on any atom is -0.458 e. The Kier molecular flexibility index (Phi) is 5.14. The molecule has 1 aromatic heterocycles. The third kappa shape index (κ3) is 3.51. The van der Waals surface area contributed by atoms with Crippen molar-refractivity contribution in [1.82, 2.24) is 9.78 Å². The van der Waals surface area contributed by atoms with E-state index in [9.17, 15) is 4.79 Å². The molecule has 0 aliphatic rings. The minimum absolute atomic E-state index is 0.00884. The van der Waals surface area contributed by atoms with Gasteiger partial charge in [-0.2, -0.15) is 5.10 Å². The van der Waals surface area contributed by atoms with Crippen molar-refractivity contribution in [1.29, 1.82) is 0 Å². The van der Waals surface area contributed by atoms with Gasteiger partial charge in [0.25, 0.3) is 0 Å². The summed E-state index contributed by atoms with van der Waals surface area (Å²) >= 11 is 0. The first-order chi connectivity index (χ1) is 10.2. The SMILES string of the molecule is CCC(CC)OC(=O)c1ccnn1[C@H](C)c1ccccc1. The van der Waals surface area contributed by atoms with E-state index >= 15 is 0 Å². The fourth-order valence-corrected chi connectivity index (χ4v) is 2.32. The Morgan fingerprint density at radius 1 is 1.19 bits per heavy atom. The minimum atomic E-state index is -0.302. The van der Waals surface area contributed by atoms with Gasteiger partial charge in [-0.3, -0.25) is 4.68 Å². The maximum Gasteiger partial charge on any atom is 0.356 e. The average Bonchev–Trinajstić information content (AvgIpc) is 3.02. The Morgan fingerprint density at radius 3 is 2.48 bits per heavy atom. The normalized spacial score (nSPS) is 12.4. The van der Waals surface area contributed by atoms with Crippen LogP contribution in [0.25, 0.3) is 0 Å². The molecule has 0 saturated heterocycles. The summed E-state index contributed by atoms with van der Waals surface area (Å²) in [6, 6.07) is 11.7. The molecule has 1 atom stereocenters. The number of nitrogens with zero attached hydrogens (tertiary/aromatic N) is 2. The van der Waals surface area contributed by atoms with Crippen LogP contribution < -0.4 is 0 Å². The summed E-state index contributed by atoms with van der Waals surface area (Å²) in [5, 5.41) is 4.29. The van der Waals surface area contributed by atoms with Crippen molar-refractivity contribution in [2.75, 3.05) is 0 Å². The summed E-state index contributed by atoms with van der Waals surface area (Å²) < 4.78 is 7.24. The molecule has 2 rings (SSSR count). The molecule has 0 fully saturated rings. The van der Waals surface area contributed by atoms with Gasteiger partial charge in [0.05, 0.1) is 6.04 Å². The van der Waals surface area contributed by atoms with Crippen molar-refractivity contribution in [2.24, 2.45) is 0 Å². The van der Waals surface area contributed by atoms with E-state index in [1.807, 2.05) is 51.1 Å². The summed E-state index contributed by atoms with van der Waals surface area (Å²) in [6.07, 6.45) is 3.26. The molecule has 1 aromatic carbocycles. The molecule has 2 aromatic rings. The third-order valence-electron chi connectivity index (χ3n) is 3.71. The Bertz CT molecular complexity index is 573. The zero-order valence-electron chi connectivity index (χ0n) is 12.8. The van der Waals surface area contributed by atoms with Crippen LogP contribution in [-0.2, 0) is 4.74 Å². The smallest absolute Gasteiger partial charge is 0.356 e. The maximum atomic E-state index is 12.3. The van der Waals surface area contributed by atoms with E-state index < -0.39 is 0 Å². The zero-order valence-corrected chi connectivity index (χ0v) is 12.8. The van der Waals surface area contributed by atoms with E-state index in [-0.39, 0.29) is 18.1 Å². The lowest BCUT2D eigenvalue weighted by molar-refractivity contribution is 0.0269. The average molecular weight is 286 g/mol. The monoisotopic (exact) mass is 286 g/mol. The lowest BCUT2D eigenvalue weighted by Gasteiger charge is -2.18. The Balaban J connectivity index is 2.20. The summed E-state index contributed by atoms with van der Waals surface area (Å²) in [7, 11) is 0. The fourth-order valence-electron chi connectivity index (χ4n) is 2.32. The molecular formula is C17H22N2O2. The zero-order chi connectivity index (χ0) is 15.2. The number of aromatic nitrogens is 2. The quantitative estimate of drug-likeness (QED) is 0.758. The molecule has 4 heteroatoms. The second kappa shape index (κ2) is 7.07. The number of rotatable bonds is 6. The number of carbonyl (C=O) groups is 1. The van der Waals surface area contributed by atoms with Gasteiger partial charge >= 0.3 is 5.97 Å². The number of carbonyl (C=O) groups excluding carboxylic acids is 1. The molecule has 0 bridgehead atoms. The molecule has 112 valence electrons. The Labute approximate surface area is 125 Å². The Hall–Kier alpha value is -2.10. The van der Waals surface area contributed by atoms with Crippen molar-refractivity contribution in [3.8, 4) is 0 Å². The topological polar surface area (TPSA) is 44.1 Å². The van der Waals surface area contributed by atoms with Crippen LogP contribution in [0.4, 0.5) is 0 Å². The fraction of sp³-hybridized carbons (Fsp3) is 0.412. The number of hydrogen-bond acceptors (Lipinski definition) is 3. The maximum absolute atomic E-state index is 12.3. The lowest BCUT2D eigenvalue weighted by atomic mass is 10.1. The summed E-state index contributed by atoms with van der Waals surface area (Å²) in [4.78, 5) is 12.3. The van der Waals surface area contributed by atoms with Crippen LogP contribution in [0.15, 0.2) is 42.6 Å². The molecule has 0 radical (unpaired) electrons. The molecule has 0 spiro atoms. The van der Waals surface area contributed by atoms with Gasteiger partial charge in [0.15, 0.2) is 0 Å². The van der Waals surface area contributed by atoms with Crippen LogP contribution in [0.3, 0.4) is 0 Å². The van der Waals surface area contributed by atoms with Crippen LogP contribution in [0.1, 0.15) is 55.7 Å². The highest BCUT2D eigenvalue weighted by molar-refractivity contribution is 5.87. The van der Waals surface area contributed by atoms with Crippen molar-refractivity contribution in [2.45, 2.75) is 45.8 Å². The van der Waals surface area contributed by atoms with Gasteiger partial charge in [-0.15, -0.1) is 0 Å². The molecule has 0 amide bonds. The number of ether oxygens (including phenoxy) is 1. The second-order valence-corrected chi connectivity index (χ2v) is 5.09. The van der Waals surface area contributed by atoms with Gasteiger partial charge in [0.2, 0.25) is 0 Å². The highest BCUT2D eigenvalue weighted by Crippen LogP contribution is 2.19. The first-order valence-electron chi connectivity index (χ1n) is 7.46. The molecule has 0 N–H and O–H groups in total. The van der Waals surface area contributed by atoms with Crippen molar-refractivity contribution >= 4 is 5.97 Å². The largest absolute Gasteiger partial charge is 0.458 e. The molecule has 0 aliphatic carbocycles. The third-order valence-corrected chi connectivity index (χ3v) is 3.71. The predicted octanol–water partition coefficient (Wildman–Crippen LogP) is 3.84. The van der Waals surface area contributed by atoms with E-state index in [2.05, 4.69) is 5.10 Å². The molecule has 1 heterocycles. The van der Waals surface area contributed by atoms with Gasteiger partial charge in [-0.25, -0.2) is 4.79 Å². The van der Waals surface area contributed by atoms with E-state index in [1.54, 1.807) is 16.9 Å². The lowest BCUT2D eigenvalue weighted by Crippen LogP contribution is -2.21. The summed E-state index contributed by atoms with van der Waals surface area (Å²) in [5.74, 6) is -0.302. The van der Waals surface area contributed by atoms with E-state index in [4.69, 9.17) is 4.74 Å². The number of hydrogen-bond donors (Lipinski definition) is 0. The predicted molar refractivity (Wildman–Crippen MR) is 82.3 cm³/mol. The number of esters is 1. The summed E-state index contributed by atoms with van der Waals surface area (Å²) in [5.41, 5.74) is 1.61. The number of benzene rings is 1. The van der Waals surface area contributed by atoms with Crippen LogP contribution in [0.5, 0.6) is 0 Å². The van der Waals surface area contributed by atoms with Gasteiger partial charge in [-0.05, 0) is 31.4 Å². The first kappa shape index (κ1) is 15.3. The van der Waals surface area contributed by atoms with Crippen molar-refractivity contribution in [3.63, 3.8) is 0 Å². The molecule has 0 saturated carbocycles. The van der Waals surface area contributed by atoms with Crippen molar-refractivity contribution < 1.29 is 9.53 Å². The van der Waals surface area contributed by atoms with Gasteiger partial charge in [0.1, 0.15) is 11.8 Å². The first-order valence-corrected chi connectivity index (χ1v) is 7.46. The molecule has 0 aliphatic heterocycles. The highest BCUT2D eigenvalue weighted by atomic mass is 16.5. The van der Waals surface area contributed by atoms with Crippen LogP contribution >= 0.6 is 0 Å². The van der Waals surface area contributed by atoms with Gasteiger partial charge < -0.3 is 4.74 Å². The van der Waals surface area contributed by atoms with Gasteiger partial charge in [-0.1, -0.05) is 44.2 Å². The van der Waals surface area contributed by atoms with Crippen molar-refractivity contribution in [3.05, 3.63) is 53.9 Å².